The molecule has 0 saturated carbocycles. The molecule has 2 aromatic rings. The maximum Gasteiger partial charge on any atom is 0.259 e. The van der Waals surface area contributed by atoms with Crippen LogP contribution in [0, 0.1) is 13.8 Å². The van der Waals surface area contributed by atoms with Crippen LogP contribution in [-0.2, 0) is 10.5 Å². The highest BCUT2D eigenvalue weighted by Gasteiger charge is 2.15. The number of nitrogens with one attached hydrogen (secondary N) is 3. The summed E-state index contributed by atoms with van der Waals surface area (Å²) in [6, 6.07) is 0. The molecule has 1 atom stereocenters. The van der Waals surface area contributed by atoms with Crippen molar-refractivity contribution >= 4 is 51.6 Å². The van der Waals surface area contributed by atoms with E-state index in [1.165, 1.54) is 23.1 Å². The molecule has 0 aliphatic rings. The van der Waals surface area contributed by atoms with E-state index in [1.807, 2.05) is 27.8 Å². The standard InChI is InChI=1S/C16H24N4O2S2.ClH/c1-9-10(2)24-16-13(9)15(22)19-12(20-16)8-23-11(3)14(21)18-7-5-6-17-4;/h11,17H,5-8H2,1-4H3,(H,18,21)(H,19,20,22);1H. The van der Waals surface area contributed by atoms with E-state index in [2.05, 4.69) is 20.6 Å². The first-order chi connectivity index (χ1) is 11.4. The number of H-pyrrole nitrogens is 1. The molecule has 0 bridgehead atoms. The Morgan fingerprint density at radius 3 is 2.76 bits per heavy atom. The number of nitrogens with zero attached hydrogens (tertiary/aromatic N) is 1. The largest absolute Gasteiger partial charge is 0.355 e. The zero-order valence-corrected chi connectivity index (χ0v) is 17.3. The second-order valence-electron chi connectivity index (χ2n) is 5.68. The number of aromatic nitrogens is 2. The fourth-order valence-electron chi connectivity index (χ4n) is 2.27. The van der Waals surface area contributed by atoms with E-state index in [4.69, 9.17) is 0 Å². The van der Waals surface area contributed by atoms with Gasteiger partial charge in [-0.3, -0.25) is 9.59 Å². The number of halogens is 1. The van der Waals surface area contributed by atoms with Gasteiger partial charge in [-0.2, -0.15) is 0 Å². The van der Waals surface area contributed by atoms with Gasteiger partial charge in [0.2, 0.25) is 5.91 Å². The number of hydrogen-bond donors (Lipinski definition) is 3. The Morgan fingerprint density at radius 2 is 2.08 bits per heavy atom. The molecule has 0 aliphatic carbocycles. The summed E-state index contributed by atoms with van der Waals surface area (Å²) >= 11 is 3.01. The molecule has 9 heteroatoms. The van der Waals surface area contributed by atoms with Gasteiger partial charge in [-0.1, -0.05) is 0 Å². The quantitative estimate of drug-likeness (QED) is 0.588. The van der Waals surface area contributed by atoms with E-state index in [1.54, 1.807) is 0 Å². The molecule has 0 aromatic carbocycles. The second kappa shape index (κ2) is 10.2. The van der Waals surface area contributed by atoms with Gasteiger partial charge >= 0.3 is 0 Å². The number of carbonyl (C=O) groups excluding carboxylic acids is 1. The minimum atomic E-state index is -0.188. The summed E-state index contributed by atoms with van der Waals surface area (Å²) in [7, 11) is 1.89. The van der Waals surface area contributed by atoms with Gasteiger partial charge in [-0.05, 0) is 46.3 Å². The monoisotopic (exact) mass is 404 g/mol. The van der Waals surface area contributed by atoms with Crippen LogP contribution >= 0.6 is 35.5 Å². The molecule has 1 unspecified atom stereocenters. The van der Waals surface area contributed by atoms with Crippen molar-refractivity contribution in [1.29, 1.82) is 0 Å². The summed E-state index contributed by atoms with van der Waals surface area (Å²) in [5, 5.41) is 6.45. The molecule has 0 spiro atoms. The van der Waals surface area contributed by atoms with Crippen LogP contribution in [0.2, 0.25) is 0 Å². The van der Waals surface area contributed by atoms with Gasteiger partial charge in [0.1, 0.15) is 10.7 Å². The first kappa shape index (κ1) is 22.0. The zero-order valence-electron chi connectivity index (χ0n) is 14.9. The van der Waals surface area contributed by atoms with Crippen molar-refractivity contribution in [3.8, 4) is 0 Å². The Hall–Kier alpha value is -1.09. The lowest BCUT2D eigenvalue weighted by Crippen LogP contribution is -2.32. The summed E-state index contributed by atoms with van der Waals surface area (Å²) in [4.78, 5) is 33.5. The third-order valence-electron chi connectivity index (χ3n) is 3.83. The van der Waals surface area contributed by atoms with Crippen LogP contribution in [0.1, 0.15) is 29.6 Å². The van der Waals surface area contributed by atoms with Crippen LogP contribution in [0.4, 0.5) is 0 Å². The van der Waals surface area contributed by atoms with Crippen molar-refractivity contribution in [3.05, 3.63) is 26.6 Å². The van der Waals surface area contributed by atoms with Crippen LogP contribution in [0.3, 0.4) is 0 Å². The molecule has 25 heavy (non-hydrogen) atoms. The molecule has 3 N–H and O–H groups in total. The number of amides is 1. The highest BCUT2D eigenvalue weighted by atomic mass is 35.5. The Kier molecular flexibility index (Phi) is 8.92. The van der Waals surface area contributed by atoms with Crippen molar-refractivity contribution in [1.82, 2.24) is 20.6 Å². The third kappa shape index (κ3) is 5.70. The molecule has 1 amide bonds. The van der Waals surface area contributed by atoms with E-state index in [-0.39, 0.29) is 29.1 Å². The summed E-state index contributed by atoms with van der Waals surface area (Å²) < 4.78 is 0. The van der Waals surface area contributed by atoms with E-state index >= 15 is 0 Å². The van der Waals surface area contributed by atoms with E-state index in [0.717, 1.165) is 28.2 Å². The summed E-state index contributed by atoms with van der Waals surface area (Å²) in [6.07, 6.45) is 0.905. The van der Waals surface area contributed by atoms with E-state index in [0.29, 0.717) is 23.5 Å². The number of hydrogen-bond acceptors (Lipinski definition) is 6. The molecule has 0 saturated heterocycles. The van der Waals surface area contributed by atoms with Crippen molar-refractivity contribution < 1.29 is 4.79 Å². The molecule has 2 heterocycles. The number of rotatable bonds is 8. The number of fused-ring (bicyclic) bond motifs is 1. The van der Waals surface area contributed by atoms with Gasteiger partial charge in [0.05, 0.1) is 16.4 Å². The molecule has 6 nitrogen and oxygen atoms in total. The van der Waals surface area contributed by atoms with Gasteiger partial charge in [0.15, 0.2) is 0 Å². The van der Waals surface area contributed by atoms with Gasteiger partial charge in [-0.15, -0.1) is 35.5 Å². The third-order valence-corrected chi connectivity index (χ3v) is 6.09. The van der Waals surface area contributed by atoms with Crippen molar-refractivity contribution in [2.45, 2.75) is 38.2 Å². The SMILES string of the molecule is CNCCCNC(=O)C(C)SCc1nc2sc(C)c(C)c2c(=O)[nH]1.Cl. The maximum atomic E-state index is 12.2. The Balaban J connectivity index is 0.00000312. The van der Waals surface area contributed by atoms with Crippen LogP contribution in [0.15, 0.2) is 4.79 Å². The lowest BCUT2D eigenvalue weighted by molar-refractivity contribution is -0.120. The number of aromatic amines is 1. The Labute approximate surface area is 162 Å². The van der Waals surface area contributed by atoms with E-state index in [9.17, 15) is 9.59 Å². The average Bonchev–Trinajstić information content (AvgIpc) is 2.84. The number of aryl methyl sites for hydroxylation is 2. The molecule has 0 radical (unpaired) electrons. The van der Waals surface area contributed by atoms with Crippen LogP contribution in [0.5, 0.6) is 0 Å². The molecular weight excluding hydrogens is 380 g/mol. The lowest BCUT2D eigenvalue weighted by atomic mass is 10.2. The topological polar surface area (TPSA) is 86.9 Å². The fraction of sp³-hybridized carbons (Fsp3) is 0.562. The molecule has 2 aromatic heterocycles. The predicted molar refractivity (Wildman–Crippen MR) is 109 cm³/mol. The van der Waals surface area contributed by atoms with Gasteiger partial charge in [-0.25, -0.2) is 4.98 Å². The van der Waals surface area contributed by atoms with Crippen LogP contribution in [0.25, 0.3) is 10.2 Å². The first-order valence-corrected chi connectivity index (χ1v) is 9.83. The predicted octanol–water partition coefficient (Wildman–Crippen LogP) is 2.37. The molecule has 0 fully saturated rings. The highest BCUT2D eigenvalue weighted by molar-refractivity contribution is 7.99. The second-order valence-corrected chi connectivity index (χ2v) is 8.21. The minimum Gasteiger partial charge on any atom is -0.355 e. The first-order valence-electron chi connectivity index (χ1n) is 7.96. The number of thiophene rings is 1. The average molecular weight is 405 g/mol. The summed E-state index contributed by atoms with van der Waals surface area (Å²) in [5.74, 6) is 1.14. The zero-order chi connectivity index (χ0) is 17.7. The fourth-order valence-corrected chi connectivity index (χ4v) is 4.10. The number of carbonyl (C=O) groups is 1. The van der Waals surface area contributed by atoms with Crippen molar-refractivity contribution in [2.24, 2.45) is 0 Å². The lowest BCUT2D eigenvalue weighted by Gasteiger charge is -2.11. The van der Waals surface area contributed by atoms with Crippen molar-refractivity contribution in [3.63, 3.8) is 0 Å². The maximum absolute atomic E-state index is 12.2. The molecular formula is C16H25ClN4O2S2. The smallest absolute Gasteiger partial charge is 0.259 e. The van der Waals surface area contributed by atoms with Gasteiger partial charge < -0.3 is 15.6 Å². The molecule has 0 aliphatic heterocycles. The Morgan fingerprint density at radius 1 is 1.36 bits per heavy atom. The summed E-state index contributed by atoms with van der Waals surface area (Å²) in [5.41, 5.74) is 0.902. The molecule has 140 valence electrons. The normalized spacial score (nSPS) is 12.0. The van der Waals surface area contributed by atoms with Crippen molar-refractivity contribution in [2.75, 3.05) is 20.1 Å². The number of thioether (sulfide) groups is 1. The van der Waals surface area contributed by atoms with Gasteiger partial charge in [0.25, 0.3) is 5.56 Å². The Bertz CT molecular complexity index is 775. The van der Waals surface area contributed by atoms with E-state index < -0.39 is 0 Å². The highest BCUT2D eigenvalue weighted by Crippen LogP contribution is 2.26. The van der Waals surface area contributed by atoms with Crippen LogP contribution in [-0.4, -0.2) is 41.3 Å². The molecule has 2 rings (SSSR count). The summed E-state index contributed by atoms with van der Waals surface area (Å²) in [6.45, 7) is 7.36. The van der Waals surface area contributed by atoms with Gasteiger partial charge in [0, 0.05) is 11.4 Å². The van der Waals surface area contributed by atoms with Crippen LogP contribution < -0.4 is 16.2 Å². The minimum absolute atomic E-state index is 0.